The van der Waals surface area contributed by atoms with Crippen LogP contribution in [0.15, 0.2) is 30.3 Å². The maximum Gasteiger partial charge on any atom is 0.355 e. The highest BCUT2D eigenvalue weighted by Gasteiger charge is 2.19. The van der Waals surface area contributed by atoms with Crippen LogP contribution in [-0.4, -0.2) is 29.5 Å². The van der Waals surface area contributed by atoms with E-state index in [-0.39, 0.29) is 24.5 Å². The molecule has 0 aliphatic rings. The van der Waals surface area contributed by atoms with Crippen LogP contribution in [0.1, 0.15) is 39.3 Å². The number of aromatic nitrogens is 1. The molecule has 3 N–H and O–H groups in total. The van der Waals surface area contributed by atoms with E-state index < -0.39 is 5.97 Å². The van der Waals surface area contributed by atoms with E-state index in [0.29, 0.717) is 12.1 Å². The molecule has 0 unspecified atom stereocenters. The fourth-order valence-corrected chi connectivity index (χ4v) is 2.49. The maximum atomic E-state index is 12.3. The Labute approximate surface area is 141 Å². The molecule has 0 amide bonds. The lowest BCUT2D eigenvalue weighted by atomic mass is 10.1. The Bertz CT molecular complexity index is 691. The van der Waals surface area contributed by atoms with Gasteiger partial charge in [-0.15, -0.1) is 0 Å². The van der Waals surface area contributed by atoms with Crippen LogP contribution in [0.5, 0.6) is 0 Å². The molecular formula is C18H23NO5. The number of benzene rings is 1. The molecule has 0 fully saturated rings. The van der Waals surface area contributed by atoms with Crippen molar-refractivity contribution in [2.24, 2.45) is 0 Å². The average Bonchev–Trinajstić information content (AvgIpc) is 2.85. The molecule has 0 atom stereocenters. The summed E-state index contributed by atoms with van der Waals surface area (Å²) in [6.07, 6.45) is 0.821. The molecule has 6 nitrogen and oxygen atoms in total. The highest BCUT2D eigenvalue weighted by molar-refractivity contribution is 5.89. The SMILES string of the molecule is COC(=O)CCc1c(C)[nH]c(C(=O)OCc2ccccc2)c1C.O. The van der Waals surface area contributed by atoms with Gasteiger partial charge in [0.15, 0.2) is 0 Å². The Morgan fingerprint density at radius 2 is 1.79 bits per heavy atom. The molecule has 1 heterocycles. The van der Waals surface area contributed by atoms with E-state index in [4.69, 9.17) is 4.74 Å². The highest BCUT2D eigenvalue weighted by atomic mass is 16.5. The third kappa shape index (κ3) is 4.70. The molecule has 130 valence electrons. The van der Waals surface area contributed by atoms with Gasteiger partial charge in [-0.05, 0) is 37.0 Å². The highest BCUT2D eigenvalue weighted by Crippen LogP contribution is 2.21. The second-order valence-electron chi connectivity index (χ2n) is 5.37. The van der Waals surface area contributed by atoms with Gasteiger partial charge in [-0.3, -0.25) is 4.79 Å². The zero-order chi connectivity index (χ0) is 16.8. The predicted molar refractivity (Wildman–Crippen MR) is 89.8 cm³/mol. The van der Waals surface area contributed by atoms with Crippen molar-refractivity contribution in [3.8, 4) is 0 Å². The van der Waals surface area contributed by atoms with Gasteiger partial charge in [0.1, 0.15) is 12.3 Å². The van der Waals surface area contributed by atoms with Gasteiger partial charge in [0.25, 0.3) is 0 Å². The van der Waals surface area contributed by atoms with E-state index in [1.54, 1.807) is 0 Å². The van der Waals surface area contributed by atoms with Gasteiger partial charge in [0.2, 0.25) is 0 Å². The third-order valence-electron chi connectivity index (χ3n) is 3.82. The first kappa shape index (κ1) is 19.4. The van der Waals surface area contributed by atoms with Crippen molar-refractivity contribution in [2.75, 3.05) is 7.11 Å². The van der Waals surface area contributed by atoms with Gasteiger partial charge >= 0.3 is 11.9 Å². The van der Waals surface area contributed by atoms with Gasteiger partial charge < -0.3 is 19.9 Å². The summed E-state index contributed by atoms with van der Waals surface area (Å²) >= 11 is 0. The number of ether oxygens (including phenoxy) is 2. The van der Waals surface area contributed by atoms with Crippen LogP contribution in [-0.2, 0) is 27.3 Å². The molecule has 1 aromatic heterocycles. The first-order valence-corrected chi connectivity index (χ1v) is 7.48. The van der Waals surface area contributed by atoms with E-state index in [1.807, 2.05) is 44.2 Å². The molecule has 0 saturated carbocycles. The molecule has 24 heavy (non-hydrogen) atoms. The number of hydrogen-bond donors (Lipinski definition) is 1. The quantitative estimate of drug-likeness (QED) is 0.819. The standard InChI is InChI=1S/C18H21NO4.H2O/c1-12-15(9-10-16(20)22-3)13(2)19-17(12)18(21)23-11-14-7-5-4-6-8-14;/h4-8,19H,9-11H2,1-3H3;1H2. The summed E-state index contributed by atoms with van der Waals surface area (Å²) in [5.74, 6) is -0.656. The van der Waals surface area contributed by atoms with Crippen LogP contribution < -0.4 is 0 Å². The lowest BCUT2D eigenvalue weighted by molar-refractivity contribution is -0.140. The fraction of sp³-hybridized carbons (Fsp3) is 0.333. The first-order valence-electron chi connectivity index (χ1n) is 7.48. The zero-order valence-electron chi connectivity index (χ0n) is 14.1. The Hall–Kier alpha value is -2.60. The summed E-state index contributed by atoms with van der Waals surface area (Å²) in [4.78, 5) is 26.6. The molecular weight excluding hydrogens is 310 g/mol. The molecule has 0 bridgehead atoms. The second kappa shape index (κ2) is 8.88. The third-order valence-corrected chi connectivity index (χ3v) is 3.82. The van der Waals surface area contributed by atoms with Crippen molar-refractivity contribution in [3.63, 3.8) is 0 Å². The van der Waals surface area contributed by atoms with Gasteiger partial charge in [-0.25, -0.2) is 4.79 Å². The minimum Gasteiger partial charge on any atom is -0.469 e. The summed E-state index contributed by atoms with van der Waals surface area (Å²) in [5.41, 5.74) is 4.04. The Kier molecular flexibility index (Phi) is 7.20. The van der Waals surface area contributed by atoms with Crippen molar-refractivity contribution < 1.29 is 24.5 Å². The lowest BCUT2D eigenvalue weighted by Crippen LogP contribution is -2.07. The monoisotopic (exact) mass is 333 g/mol. The van der Waals surface area contributed by atoms with Crippen molar-refractivity contribution in [1.29, 1.82) is 0 Å². The van der Waals surface area contributed by atoms with Gasteiger partial charge in [0.05, 0.1) is 7.11 Å². The van der Waals surface area contributed by atoms with Crippen molar-refractivity contribution in [1.82, 2.24) is 4.98 Å². The molecule has 0 spiro atoms. The number of methoxy groups -OCH3 is 1. The average molecular weight is 333 g/mol. The van der Waals surface area contributed by atoms with Crippen molar-refractivity contribution >= 4 is 11.9 Å². The molecule has 2 aromatic rings. The smallest absolute Gasteiger partial charge is 0.355 e. The number of carbonyl (C=O) groups excluding carboxylic acids is 2. The van der Waals surface area contributed by atoms with E-state index in [0.717, 1.165) is 22.4 Å². The van der Waals surface area contributed by atoms with Crippen molar-refractivity contribution in [3.05, 3.63) is 58.4 Å². The lowest BCUT2D eigenvalue weighted by Gasteiger charge is -2.05. The number of carbonyl (C=O) groups is 2. The Morgan fingerprint density at radius 1 is 1.12 bits per heavy atom. The summed E-state index contributed by atoms with van der Waals surface area (Å²) in [7, 11) is 1.37. The van der Waals surface area contributed by atoms with Crippen LogP contribution in [0, 0.1) is 13.8 Å². The topological polar surface area (TPSA) is 99.9 Å². The molecule has 6 heteroatoms. The number of nitrogens with one attached hydrogen (secondary N) is 1. The van der Waals surface area contributed by atoms with E-state index >= 15 is 0 Å². The van der Waals surface area contributed by atoms with E-state index in [1.165, 1.54) is 7.11 Å². The summed E-state index contributed by atoms with van der Waals surface area (Å²) in [6, 6.07) is 9.53. The minimum atomic E-state index is -0.390. The molecule has 0 aliphatic heterocycles. The first-order chi connectivity index (χ1) is 11.0. The molecule has 0 saturated heterocycles. The molecule has 0 radical (unpaired) electrons. The predicted octanol–water partition coefficient (Wildman–Crippen LogP) is 2.27. The number of aromatic amines is 1. The Morgan fingerprint density at radius 3 is 2.42 bits per heavy atom. The molecule has 2 rings (SSSR count). The van der Waals surface area contributed by atoms with Crippen molar-refractivity contribution in [2.45, 2.75) is 33.3 Å². The second-order valence-corrected chi connectivity index (χ2v) is 5.37. The Balaban J connectivity index is 0.00000288. The van der Waals surface area contributed by atoms with Crippen LogP contribution in [0.25, 0.3) is 0 Å². The maximum absolute atomic E-state index is 12.3. The number of esters is 2. The fourth-order valence-electron chi connectivity index (χ4n) is 2.49. The number of H-pyrrole nitrogens is 1. The number of rotatable bonds is 6. The molecule has 0 aliphatic carbocycles. The summed E-state index contributed by atoms with van der Waals surface area (Å²) in [6.45, 7) is 3.97. The minimum absolute atomic E-state index is 0. The van der Waals surface area contributed by atoms with Gasteiger partial charge in [-0.1, -0.05) is 30.3 Å². The molecule has 1 aromatic carbocycles. The normalized spacial score (nSPS) is 9.96. The largest absolute Gasteiger partial charge is 0.469 e. The van der Waals surface area contributed by atoms with Crippen LogP contribution >= 0.6 is 0 Å². The van der Waals surface area contributed by atoms with Gasteiger partial charge in [0, 0.05) is 12.1 Å². The zero-order valence-corrected chi connectivity index (χ0v) is 14.1. The van der Waals surface area contributed by atoms with Crippen LogP contribution in [0.4, 0.5) is 0 Å². The number of hydrogen-bond acceptors (Lipinski definition) is 4. The summed E-state index contributed by atoms with van der Waals surface area (Å²) < 4.78 is 10.0. The van der Waals surface area contributed by atoms with E-state index in [2.05, 4.69) is 9.72 Å². The van der Waals surface area contributed by atoms with E-state index in [9.17, 15) is 9.59 Å². The summed E-state index contributed by atoms with van der Waals surface area (Å²) in [5, 5.41) is 0. The number of aryl methyl sites for hydroxylation is 1. The van der Waals surface area contributed by atoms with Crippen LogP contribution in [0.3, 0.4) is 0 Å². The van der Waals surface area contributed by atoms with Crippen LogP contribution in [0.2, 0.25) is 0 Å². The van der Waals surface area contributed by atoms with Gasteiger partial charge in [-0.2, -0.15) is 0 Å².